The number of carbonyl (C=O) groups excluding carboxylic acids is 1. The predicted octanol–water partition coefficient (Wildman–Crippen LogP) is 3.96. The molecule has 0 saturated heterocycles. The Balaban J connectivity index is 1.59. The van der Waals surface area contributed by atoms with Gasteiger partial charge in [-0.1, -0.05) is 35.6 Å². The first-order valence-corrected chi connectivity index (χ1v) is 9.42. The van der Waals surface area contributed by atoms with Gasteiger partial charge in [-0.05, 0) is 29.8 Å². The summed E-state index contributed by atoms with van der Waals surface area (Å²) in [6.07, 6.45) is 2.22. The zero-order valence-electron chi connectivity index (χ0n) is 14.5. The molecule has 5 rings (SSSR count). The molecular formula is C20H16N4O2S. The van der Waals surface area contributed by atoms with Gasteiger partial charge in [-0.2, -0.15) is 9.78 Å². The number of amides is 1. The van der Waals surface area contributed by atoms with Crippen LogP contribution in [0.3, 0.4) is 0 Å². The number of hydrogen-bond donors (Lipinski definition) is 1. The number of nitrogens with one attached hydrogen (secondary N) is 1. The fourth-order valence-corrected chi connectivity index (χ4v) is 4.38. The molecule has 1 N–H and O–H groups in total. The summed E-state index contributed by atoms with van der Waals surface area (Å²) in [6, 6.07) is 15.8. The van der Waals surface area contributed by atoms with Crippen LogP contribution >= 0.6 is 11.3 Å². The van der Waals surface area contributed by atoms with Crippen molar-refractivity contribution in [3.8, 4) is 10.9 Å². The van der Waals surface area contributed by atoms with Gasteiger partial charge >= 0.3 is 0 Å². The quantitative estimate of drug-likeness (QED) is 0.587. The molecule has 6 nitrogen and oxygen atoms in total. The van der Waals surface area contributed by atoms with Crippen LogP contribution in [0.5, 0.6) is 5.75 Å². The van der Waals surface area contributed by atoms with E-state index >= 15 is 0 Å². The molecule has 0 fully saturated rings. The fraction of sp³-hybridized carbons (Fsp3) is 0.150. The van der Waals surface area contributed by atoms with Crippen molar-refractivity contribution in [2.45, 2.75) is 12.3 Å². The lowest BCUT2D eigenvalue weighted by atomic mass is 9.87. The molecule has 0 saturated carbocycles. The van der Waals surface area contributed by atoms with E-state index in [4.69, 9.17) is 4.74 Å². The van der Waals surface area contributed by atoms with E-state index in [9.17, 15) is 4.79 Å². The number of methoxy groups -OCH3 is 1. The van der Waals surface area contributed by atoms with Crippen molar-refractivity contribution in [1.82, 2.24) is 14.8 Å². The number of nitrogens with zero attached hydrogens (tertiary/aromatic N) is 3. The summed E-state index contributed by atoms with van der Waals surface area (Å²) in [6.45, 7) is 0. The number of rotatable bonds is 3. The van der Waals surface area contributed by atoms with Crippen LogP contribution in [0.4, 0.5) is 5.82 Å². The molecule has 2 aromatic carbocycles. The first-order valence-electron chi connectivity index (χ1n) is 8.60. The molecule has 27 heavy (non-hydrogen) atoms. The highest BCUT2D eigenvalue weighted by molar-refractivity contribution is 7.20. The van der Waals surface area contributed by atoms with E-state index < -0.39 is 0 Å². The van der Waals surface area contributed by atoms with E-state index in [1.54, 1.807) is 23.1 Å². The van der Waals surface area contributed by atoms with E-state index in [-0.39, 0.29) is 11.8 Å². The molecule has 0 aliphatic carbocycles. The minimum Gasteiger partial charge on any atom is -0.497 e. The highest BCUT2D eigenvalue weighted by Crippen LogP contribution is 2.39. The second-order valence-corrected chi connectivity index (χ2v) is 7.41. The van der Waals surface area contributed by atoms with Crippen molar-refractivity contribution in [2.24, 2.45) is 0 Å². The third-order valence-corrected chi connectivity index (χ3v) is 5.81. The predicted molar refractivity (Wildman–Crippen MR) is 105 cm³/mol. The Hall–Kier alpha value is -3.19. The second-order valence-electron chi connectivity index (χ2n) is 6.40. The molecular weight excluding hydrogens is 360 g/mol. The van der Waals surface area contributed by atoms with Crippen molar-refractivity contribution in [1.29, 1.82) is 0 Å². The molecule has 7 heteroatoms. The molecule has 1 amide bonds. The molecule has 2 aromatic heterocycles. The third kappa shape index (κ3) is 2.67. The van der Waals surface area contributed by atoms with E-state index in [1.807, 2.05) is 54.7 Å². The van der Waals surface area contributed by atoms with Crippen LogP contribution in [-0.2, 0) is 4.79 Å². The average Bonchev–Trinajstić information content (AvgIpc) is 3.31. The minimum absolute atomic E-state index is 0.0221. The van der Waals surface area contributed by atoms with Crippen molar-refractivity contribution in [2.75, 3.05) is 12.4 Å². The molecule has 0 radical (unpaired) electrons. The Morgan fingerprint density at radius 2 is 2.00 bits per heavy atom. The van der Waals surface area contributed by atoms with Gasteiger partial charge in [0.15, 0.2) is 0 Å². The minimum atomic E-state index is -0.0391. The van der Waals surface area contributed by atoms with Gasteiger partial charge in [0.25, 0.3) is 0 Å². The van der Waals surface area contributed by atoms with Crippen LogP contribution < -0.4 is 10.1 Å². The average molecular weight is 376 g/mol. The molecule has 1 atom stereocenters. The van der Waals surface area contributed by atoms with Crippen LogP contribution in [0.25, 0.3) is 15.3 Å². The van der Waals surface area contributed by atoms with Crippen molar-refractivity contribution in [3.05, 3.63) is 65.9 Å². The second kappa shape index (κ2) is 6.21. The largest absolute Gasteiger partial charge is 0.497 e. The monoisotopic (exact) mass is 376 g/mol. The van der Waals surface area contributed by atoms with Gasteiger partial charge in [-0.3, -0.25) is 4.79 Å². The zero-order valence-corrected chi connectivity index (χ0v) is 15.4. The summed E-state index contributed by atoms with van der Waals surface area (Å²) in [5.74, 6) is 1.43. The zero-order chi connectivity index (χ0) is 18.4. The van der Waals surface area contributed by atoms with Gasteiger partial charge in [0.05, 0.1) is 23.5 Å². The summed E-state index contributed by atoms with van der Waals surface area (Å²) in [5.41, 5.74) is 2.99. The Morgan fingerprint density at radius 3 is 2.78 bits per heavy atom. The van der Waals surface area contributed by atoms with Crippen molar-refractivity contribution >= 4 is 33.3 Å². The van der Waals surface area contributed by atoms with Gasteiger partial charge in [-0.25, -0.2) is 4.98 Å². The normalized spacial score (nSPS) is 16.2. The van der Waals surface area contributed by atoms with Crippen molar-refractivity contribution in [3.63, 3.8) is 0 Å². The SMILES string of the molecule is COc1ccc([C@@H]2CC(=O)Nc3c2cnn3-c2nc3ccccc3s2)cc1. The number of carbonyl (C=O) groups is 1. The lowest BCUT2D eigenvalue weighted by Crippen LogP contribution is -2.24. The Kier molecular flexibility index (Phi) is 3.68. The summed E-state index contributed by atoms with van der Waals surface area (Å²) < 4.78 is 8.05. The highest BCUT2D eigenvalue weighted by Gasteiger charge is 2.31. The van der Waals surface area contributed by atoms with Crippen LogP contribution in [0.15, 0.2) is 54.7 Å². The number of para-hydroxylation sites is 1. The van der Waals surface area contributed by atoms with Crippen LogP contribution in [-0.4, -0.2) is 27.8 Å². The molecule has 134 valence electrons. The number of anilines is 1. The third-order valence-electron chi connectivity index (χ3n) is 4.80. The molecule has 0 bridgehead atoms. The summed E-state index contributed by atoms with van der Waals surface area (Å²) in [4.78, 5) is 17.1. The maximum Gasteiger partial charge on any atom is 0.226 e. The first-order chi connectivity index (χ1) is 13.2. The number of benzene rings is 2. The van der Waals surface area contributed by atoms with E-state index in [1.165, 1.54) is 0 Å². The number of thiazole rings is 1. The highest BCUT2D eigenvalue weighted by atomic mass is 32.1. The number of ether oxygens (including phenoxy) is 1. The van der Waals surface area contributed by atoms with Gasteiger partial charge in [-0.15, -0.1) is 0 Å². The van der Waals surface area contributed by atoms with Crippen molar-refractivity contribution < 1.29 is 9.53 Å². The molecule has 1 aliphatic rings. The Labute approximate surface area is 159 Å². The Bertz CT molecular complexity index is 1110. The Morgan fingerprint density at radius 1 is 1.19 bits per heavy atom. The maximum atomic E-state index is 12.4. The van der Waals surface area contributed by atoms with E-state index in [0.29, 0.717) is 12.2 Å². The fourth-order valence-electron chi connectivity index (χ4n) is 3.45. The van der Waals surface area contributed by atoms with Gasteiger partial charge < -0.3 is 10.1 Å². The molecule has 0 unspecified atom stereocenters. The van der Waals surface area contributed by atoms with Gasteiger partial charge in [0.2, 0.25) is 11.0 Å². The molecule has 1 aliphatic heterocycles. The summed E-state index contributed by atoms with van der Waals surface area (Å²) in [7, 11) is 1.64. The first kappa shape index (κ1) is 16.0. The standard InChI is InChI=1S/C20H16N4O2S/c1-26-13-8-6-12(7-9-13)14-10-18(25)23-19-15(14)11-21-24(19)20-22-16-4-2-3-5-17(16)27-20/h2-9,11,14H,10H2,1H3,(H,23,25)/t14-/m0/s1. The van der Waals surface area contributed by atoms with Gasteiger partial charge in [0, 0.05) is 17.9 Å². The van der Waals surface area contributed by atoms with Crippen LogP contribution in [0.1, 0.15) is 23.5 Å². The molecule has 0 spiro atoms. The number of hydrogen-bond acceptors (Lipinski definition) is 5. The summed E-state index contributed by atoms with van der Waals surface area (Å²) in [5, 5.41) is 8.25. The smallest absolute Gasteiger partial charge is 0.226 e. The topological polar surface area (TPSA) is 69.0 Å². The van der Waals surface area contributed by atoms with E-state index in [2.05, 4.69) is 15.4 Å². The van der Waals surface area contributed by atoms with Gasteiger partial charge in [0.1, 0.15) is 11.6 Å². The lowest BCUT2D eigenvalue weighted by molar-refractivity contribution is -0.116. The van der Waals surface area contributed by atoms with Crippen LogP contribution in [0.2, 0.25) is 0 Å². The van der Waals surface area contributed by atoms with E-state index in [0.717, 1.165) is 32.2 Å². The maximum absolute atomic E-state index is 12.4. The number of aromatic nitrogens is 3. The summed E-state index contributed by atoms with van der Waals surface area (Å²) >= 11 is 1.55. The molecule has 3 heterocycles. The van der Waals surface area contributed by atoms with Crippen LogP contribution in [0, 0.1) is 0 Å². The number of fused-ring (bicyclic) bond motifs is 2. The lowest BCUT2D eigenvalue weighted by Gasteiger charge is -2.23. The molecule has 4 aromatic rings.